The van der Waals surface area contributed by atoms with Crippen LogP contribution < -0.4 is 14.8 Å². The number of nitrogens with one attached hydrogen (secondary N) is 2. The van der Waals surface area contributed by atoms with Gasteiger partial charge in [0.05, 0.1) is 27.8 Å². The van der Waals surface area contributed by atoms with E-state index < -0.39 is 26.0 Å². The lowest BCUT2D eigenvalue weighted by atomic mass is 9.98. The van der Waals surface area contributed by atoms with Crippen molar-refractivity contribution in [2.45, 2.75) is 29.6 Å². The molecule has 0 aromatic heterocycles. The van der Waals surface area contributed by atoms with Gasteiger partial charge in [-0.05, 0) is 62.7 Å². The van der Waals surface area contributed by atoms with Gasteiger partial charge in [-0.1, -0.05) is 17.7 Å². The van der Waals surface area contributed by atoms with Crippen LogP contribution in [0.25, 0.3) is 0 Å². The van der Waals surface area contributed by atoms with Gasteiger partial charge >= 0.3 is 0 Å². The van der Waals surface area contributed by atoms with Crippen molar-refractivity contribution in [3.8, 4) is 5.75 Å². The maximum Gasteiger partial charge on any atom is 0.243 e. The molecule has 1 aliphatic heterocycles. The summed E-state index contributed by atoms with van der Waals surface area (Å²) in [7, 11) is -4.79. The van der Waals surface area contributed by atoms with E-state index in [0.717, 1.165) is 0 Å². The second kappa shape index (κ2) is 9.98. The van der Waals surface area contributed by atoms with Gasteiger partial charge in [0, 0.05) is 18.8 Å². The highest BCUT2D eigenvalue weighted by Gasteiger charge is 2.34. The number of piperidine rings is 1. The number of amides is 1. The van der Waals surface area contributed by atoms with E-state index in [1.54, 1.807) is 13.0 Å². The Bertz CT molecular complexity index is 1260. The molecule has 9 nitrogen and oxygen atoms in total. The lowest BCUT2D eigenvalue weighted by Crippen LogP contribution is -2.43. The maximum atomic E-state index is 13.1. The van der Waals surface area contributed by atoms with E-state index in [0.29, 0.717) is 29.8 Å². The van der Waals surface area contributed by atoms with Gasteiger partial charge in [0.2, 0.25) is 26.0 Å². The van der Waals surface area contributed by atoms with Crippen LogP contribution in [0.2, 0.25) is 5.02 Å². The maximum absolute atomic E-state index is 13.1. The second-order valence-corrected chi connectivity index (χ2v) is 11.9. The lowest BCUT2D eigenvalue weighted by molar-refractivity contribution is -0.120. The highest BCUT2D eigenvalue weighted by Crippen LogP contribution is 2.31. The predicted molar refractivity (Wildman–Crippen MR) is 126 cm³/mol. The zero-order valence-electron chi connectivity index (χ0n) is 18.5. The largest absolute Gasteiger partial charge is 0.495 e. The van der Waals surface area contributed by atoms with E-state index in [-0.39, 0.29) is 33.8 Å². The zero-order valence-corrected chi connectivity index (χ0v) is 20.8. The van der Waals surface area contributed by atoms with E-state index in [1.165, 1.54) is 48.8 Å². The number of carbonyl (C=O) groups excluding carboxylic acids is 1. The number of hydrogen-bond donors (Lipinski definition) is 2. The van der Waals surface area contributed by atoms with Gasteiger partial charge in [-0.2, -0.15) is 4.31 Å². The molecule has 1 heterocycles. The summed E-state index contributed by atoms with van der Waals surface area (Å²) in [6.45, 7) is 2.03. The van der Waals surface area contributed by atoms with Crippen LogP contribution in [0.15, 0.2) is 46.2 Å². The van der Waals surface area contributed by atoms with E-state index >= 15 is 0 Å². The van der Waals surface area contributed by atoms with Crippen molar-refractivity contribution in [3.05, 3.63) is 47.0 Å². The Kier molecular flexibility index (Phi) is 7.69. The number of ether oxygens (including phenoxy) is 1. The van der Waals surface area contributed by atoms with Crippen molar-refractivity contribution in [3.63, 3.8) is 0 Å². The number of methoxy groups -OCH3 is 1. The van der Waals surface area contributed by atoms with Gasteiger partial charge < -0.3 is 10.1 Å². The van der Waals surface area contributed by atoms with Crippen LogP contribution >= 0.6 is 11.6 Å². The summed E-state index contributed by atoms with van der Waals surface area (Å²) in [4.78, 5) is 13.0. The average molecular weight is 516 g/mol. The Hall–Kier alpha value is -2.18. The Morgan fingerprint density at radius 2 is 1.82 bits per heavy atom. The monoisotopic (exact) mass is 515 g/mol. The van der Waals surface area contributed by atoms with E-state index in [2.05, 4.69) is 10.0 Å². The standard InChI is InChI=1S/C21H26ClN3O6S2/c1-14-6-7-16(32(27,28)23-2)12-19(14)24-21(26)15-5-4-10-25(13-15)33(29,30)17-8-9-20(31-3)18(22)11-17/h6-9,11-12,15,23H,4-5,10,13H2,1-3H3,(H,24,26)/t15-/m1/s1. The summed E-state index contributed by atoms with van der Waals surface area (Å²) in [6, 6.07) is 8.67. The summed E-state index contributed by atoms with van der Waals surface area (Å²) in [5.41, 5.74) is 1.05. The molecule has 1 aliphatic rings. The van der Waals surface area contributed by atoms with Crippen molar-refractivity contribution in [2.75, 3.05) is 32.6 Å². The van der Waals surface area contributed by atoms with Crippen LogP contribution in [0.4, 0.5) is 5.69 Å². The van der Waals surface area contributed by atoms with E-state index in [4.69, 9.17) is 16.3 Å². The summed E-state index contributed by atoms with van der Waals surface area (Å²) in [5, 5.41) is 2.94. The molecule has 0 spiro atoms. The quantitative estimate of drug-likeness (QED) is 0.584. The molecule has 2 aromatic rings. The first kappa shape index (κ1) is 25.4. The van der Waals surface area contributed by atoms with Gasteiger partial charge in [0.25, 0.3) is 0 Å². The smallest absolute Gasteiger partial charge is 0.243 e. The number of aryl methyl sites for hydroxylation is 1. The number of rotatable bonds is 7. The third-order valence-corrected chi connectivity index (χ3v) is 9.13. The third kappa shape index (κ3) is 5.49. The number of nitrogens with zero attached hydrogens (tertiary/aromatic N) is 1. The molecule has 1 amide bonds. The third-order valence-electron chi connectivity index (χ3n) is 5.56. The molecule has 12 heteroatoms. The number of carbonyl (C=O) groups is 1. The molecule has 0 saturated carbocycles. The molecule has 33 heavy (non-hydrogen) atoms. The van der Waals surface area contributed by atoms with E-state index in [1.807, 2.05) is 0 Å². The molecule has 2 aromatic carbocycles. The van der Waals surface area contributed by atoms with Crippen molar-refractivity contribution >= 4 is 43.2 Å². The lowest BCUT2D eigenvalue weighted by Gasteiger charge is -2.31. The van der Waals surface area contributed by atoms with Crippen molar-refractivity contribution in [1.29, 1.82) is 0 Å². The molecular weight excluding hydrogens is 490 g/mol. The average Bonchev–Trinajstić information content (AvgIpc) is 2.80. The van der Waals surface area contributed by atoms with Gasteiger partial charge in [-0.15, -0.1) is 0 Å². The molecule has 3 rings (SSSR count). The first-order valence-corrected chi connectivity index (χ1v) is 13.5. The number of hydrogen-bond acceptors (Lipinski definition) is 6. The summed E-state index contributed by atoms with van der Waals surface area (Å²) in [5.74, 6) is -0.597. The first-order chi connectivity index (χ1) is 15.5. The minimum absolute atomic E-state index is 0.00532. The molecule has 1 fully saturated rings. The van der Waals surface area contributed by atoms with E-state index in [9.17, 15) is 21.6 Å². The Morgan fingerprint density at radius 1 is 1.12 bits per heavy atom. The fourth-order valence-electron chi connectivity index (χ4n) is 3.59. The molecule has 0 radical (unpaired) electrons. The Morgan fingerprint density at radius 3 is 2.45 bits per heavy atom. The molecule has 180 valence electrons. The molecule has 2 N–H and O–H groups in total. The number of sulfonamides is 2. The van der Waals surface area contributed by atoms with Crippen LogP contribution in [0.5, 0.6) is 5.75 Å². The van der Waals surface area contributed by atoms with Crippen molar-refractivity contribution < 1.29 is 26.4 Å². The fraction of sp³-hybridized carbons (Fsp3) is 0.381. The topological polar surface area (TPSA) is 122 Å². The Labute approximate surface area is 199 Å². The fourth-order valence-corrected chi connectivity index (χ4v) is 6.22. The number of halogens is 1. The van der Waals surface area contributed by atoms with Crippen LogP contribution in [-0.4, -0.2) is 54.3 Å². The summed E-state index contributed by atoms with van der Waals surface area (Å²) >= 11 is 6.09. The van der Waals surface area contributed by atoms with Gasteiger partial charge in [0.15, 0.2) is 0 Å². The van der Waals surface area contributed by atoms with Crippen LogP contribution in [0, 0.1) is 12.8 Å². The minimum atomic E-state index is -3.86. The number of benzene rings is 2. The zero-order chi connectivity index (χ0) is 24.4. The SMILES string of the molecule is CNS(=O)(=O)c1ccc(C)c(NC(=O)[C@@H]2CCCN(S(=O)(=O)c3ccc(OC)c(Cl)c3)C2)c1. The number of anilines is 1. The van der Waals surface area contributed by atoms with Crippen molar-refractivity contribution in [2.24, 2.45) is 5.92 Å². The molecule has 0 aliphatic carbocycles. The summed E-state index contributed by atoms with van der Waals surface area (Å²) < 4.78 is 59.0. The van der Waals surface area contributed by atoms with Crippen LogP contribution in [0.3, 0.4) is 0 Å². The molecule has 0 unspecified atom stereocenters. The highest BCUT2D eigenvalue weighted by molar-refractivity contribution is 7.89. The molecule has 1 atom stereocenters. The van der Waals surface area contributed by atoms with Crippen molar-refractivity contribution in [1.82, 2.24) is 9.03 Å². The van der Waals surface area contributed by atoms with Crippen LogP contribution in [0.1, 0.15) is 18.4 Å². The second-order valence-electron chi connectivity index (χ2n) is 7.67. The molecular formula is C21H26ClN3O6S2. The minimum Gasteiger partial charge on any atom is -0.495 e. The molecule has 0 bridgehead atoms. The van der Waals surface area contributed by atoms with Gasteiger partial charge in [-0.25, -0.2) is 21.6 Å². The highest BCUT2D eigenvalue weighted by atomic mass is 35.5. The predicted octanol–water partition coefficient (Wildman–Crippen LogP) is 2.60. The Balaban J connectivity index is 1.79. The first-order valence-electron chi connectivity index (χ1n) is 10.2. The normalized spacial score (nSPS) is 17.5. The molecule has 1 saturated heterocycles. The van der Waals surface area contributed by atoms with Gasteiger partial charge in [-0.3, -0.25) is 4.79 Å². The summed E-state index contributed by atoms with van der Waals surface area (Å²) in [6.07, 6.45) is 1.02. The van der Waals surface area contributed by atoms with Gasteiger partial charge in [0.1, 0.15) is 5.75 Å². The van der Waals surface area contributed by atoms with Crippen LogP contribution in [-0.2, 0) is 24.8 Å².